The molecule has 2 rings (SSSR count). The van der Waals surface area contributed by atoms with Gasteiger partial charge in [0.15, 0.2) is 0 Å². The Kier molecular flexibility index (Phi) is 3.24. The van der Waals surface area contributed by atoms with E-state index in [1.807, 2.05) is 17.5 Å². The molecule has 0 spiro atoms. The zero-order chi connectivity index (χ0) is 10.8. The highest BCUT2D eigenvalue weighted by Gasteiger charge is 2.15. The van der Waals surface area contributed by atoms with Crippen LogP contribution in [0.5, 0.6) is 0 Å². The van der Waals surface area contributed by atoms with Gasteiger partial charge in [0.2, 0.25) is 5.78 Å². The Bertz CT molecular complexity index is 484. The number of thiophene rings is 2. The van der Waals surface area contributed by atoms with Crippen molar-refractivity contribution in [3.63, 3.8) is 0 Å². The lowest BCUT2D eigenvalue weighted by Crippen LogP contribution is -1.95. The van der Waals surface area contributed by atoms with E-state index in [0.29, 0.717) is 9.90 Å². The van der Waals surface area contributed by atoms with Crippen LogP contribution in [0.3, 0.4) is 0 Å². The fourth-order valence-electron chi connectivity index (χ4n) is 1.26. The Labute approximate surface area is 101 Å². The standard InChI is InChI=1S/C11H9ClOS2/c1-2-7-3-4-9(15-7)10(13)11-8(12)5-6-14-11/h3-6H,2H2,1H3. The third kappa shape index (κ3) is 2.14. The molecule has 0 saturated heterocycles. The van der Waals surface area contributed by atoms with E-state index in [0.717, 1.165) is 11.3 Å². The van der Waals surface area contributed by atoms with Gasteiger partial charge >= 0.3 is 0 Å². The molecular weight excluding hydrogens is 248 g/mol. The molecule has 0 aliphatic rings. The highest BCUT2D eigenvalue weighted by atomic mass is 35.5. The maximum Gasteiger partial charge on any atom is 0.214 e. The van der Waals surface area contributed by atoms with Gasteiger partial charge in [0.1, 0.15) is 0 Å². The van der Waals surface area contributed by atoms with Gasteiger partial charge in [-0.2, -0.15) is 0 Å². The van der Waals surface area contributed by atoms with Crippen molar-refractivity contribution in [2.45, 2.75) is 13.3 Å². The fourth-order valence-corrected chi connectivity index (χ4v) is 3.31. The minimum Gasteiger partial charge on any atom is -0.287 e. The molecule has 2 aromatic heterocycles. The van der Waals surface area contributed by atoms with Crippen molar-refractivity contribution >= 4 is 40.1 Å². The van der Waals surface area contributed by atoms with Gasteiger partial charge in [-0.1, -0.05) is 18.5 Å². The average molecular weight is 257 g/mol. The van der Waals surface area contributed by atoms with E-state index in [1.165, 1.54) is 16.2 Å². The lowest BCUT2D eigenvalue weighted by Gasteiger charge is -1.93. The molecule has 0 N–H and O–H groups in total. The van der Waals surface area contributed by atoms with Gasteiger partial charge in [-0.05, 0) is 30.0 Å². The molecule has 0 amide bonds. The summed E-state index contributed by atoms with van der Waals surface area (Å²) in [5, 5.41) is 2.39. The van der Waals surface area contributed by atoms with Crippen LogP contribution in [0.1, 0.15) is 26.3 Å². The van der Waals surface area contributed by atoms with Crippen LogP contribution < -0.4 is 0 Å². The molecule has 0 unspecified atom stereocenters. The van der Waals surface area contributed by atoms with E-state index in [9.17, 15) is 4.79 Å². The summed E-state index contributed by atoms with van der Waals surface area (Å²) in [6, 6.07) is 5.63. The van der Waals surface area contributed by atoms with Crippen molar-refractivity contribution in [3.8, 4) is 0 Å². The van der Waals surface area contributed by atoms with Gasteiger partial charge in [-0.25, -0.2) is 0 Å². The largest absolute Gasteiger partial charge is 0.287 e. The minimum absolute atomic E-state index is 0.0414. The molecule has 0 radical (unpaired) electrons. The predicted molar refractivity (Wildman–Crippen MR) is 66.5 cm³/mol. The second-order valence-electron chi connectivity index (χ2n) is 3.05. The van der Waals surface area contributed by atoms with Gasteiger partial charge in [0.25, 0.3) is 0 Å². The topological polar surface area (TPSA) is 17.1 Å². The van der Waals surface area contributed by atoms with Crippen molar-refractivity contribution in [2.75, 3.05) is 0 Å². The van der Waals surface area contributed by atoms with Gasteiger partial charge < -0.3 is 0 Å². The quantitative estimate of drug-likeness (QED) is 0.750. The molecule has 15 heavy (non-hydrogen) atoms. The van der Waals surface area contributed by atoms with E-state index >= 15 is 0 Å². The molecule has 2 aromatic rings. The monoisotopic (exact) mass is 256 g/mol. The Morgan fingerprint density at radius 1 is 1.40 bits per heavy atom. The van der Waals surface area contributed by atoms with Gasteiger partial charge in [-0.3, -0.25) is 4.79 Å². The lowest BCUT2D eigenvalue weighted by atomic mass is 10.2. The first-order valence-electron chi connectivity index (χ1n) is 4.58. The number of rotatable bonds is 3. The highest BCUT2D eigenvalue weighted by molar-refractivity contribution is 7.17. The van der Waals surface area contributed by atoms with Crippen LogP contribution in [0.25, 0.3) is 0 Å². The summed E-state index contributed by atoms with van der Waals surface area (Å²) < 4.78 is 0. The maximum absolute atomic E-state index is 12.0. The number of hydrogen-bond donors (Lipinski definition) is 0. The van der Waals surface area contributed by atoms with Crippen LogP contribution in [0, 0.1) is 0 Å². The van der Waals surface area contributed by atoms with Crippen molar-refractivity contribution in [3.05, 3.63) is 43.2 Å². The van der Waals surface area contributed by atoms with Crippen molar-refractivity contribution in [1.82, 2.24) is 0 Å². The SMILES string of the molecule is CCc1ccc(C(=O)c2sccc2Cl)s1. The first-order valence-corrected chi connectivity index (χ1v) is 6.66. The molecule has 2 heterocycles. The van der Waals surface area contributed by atoms with E-state index in [4.69, 9.17) is 11.6 Å². The number of carbonyl (C=O) groups excluding carboxylic acids is 1. The molecule has 0 aromatic carbocycles. The number of halogens is 1. The van der Waals surface area contributed by atoms with Crippen molar-refractivity contribution in [1.29, 1.82) is 0 Å². The maximum atomic E-state index is 12.0. The average Bonchev–Trinajstić information content (AvgIpc) is 2.84. The summed E-state index contributed by atoms with van der Waals surface area (Å²) in [6.07, 6.45) is 0.968. The summed E-state index contributed by atoms with van der Waals surface area (Å²) in [5.41, 5.74) is 0. The normalized spacial score (nSPS) is 10.5. The summed E-state index contributed by atoms with van der Waals surface area (Å²) in [5.74, 6) is 0.0414. The zero-order valence-electron chi connectivity index (χ0n) is 8.12. The molecule has 0 saturated carbocycles. The third-order valence-corrected chi connectivity index (χ3v) is 4.63. The molecule has 4 heteroatoms. The lowest BCUT2D eigenvalue weighted by molar-refractivity contribution is 0.104. The summed E-state index contributed by atoms with van der Waals surface area (Å²) >= 11 is 8.86. The molecule has 0 aliphatic carbocycles. The third-order valence-electron chi connectivity index (χ3n) is 2.06. The zero-order valence-corrected chi connectivity index (χ0v) is 10.5. The second-order valence-corrected chi connectivity index (χ2v) is 5.54. The Morgan fingerprint density at radius 3 is 2.73 bits per heavy atom. The Morgan fingerprint density at radius 2 is 2.20 bits per heavy atom. The van der Waals surface area contributed by atoms with Crippen LogP contribution in [-0.4, -0.2) is 5.78 Å². The number of carbonyl (C=O) groups is 1. The highest BCUT2D eigenvalue weighted by Crippen LogP contribution is 2.28. The molecule has 0 atom stereocenters. The summed E-state index contributed by atoms with van der Waals surface area (Å²) in [6.45, 7) is 2.08. The van der Waals surface area contributed by atoms with Gasteiger partial charge in [0.05, 0.1) is 14.8 Å². The van der Waals surface area contributed by atoms with E-state index in [2.05, 4.69) is 6.92 Å². The number of aryl methyl sites for hydroxylation is 1. The molecule has 1 nitrogen and oxygen atoms in total. The summed E-state index contributed by atoms with van der Waals surface area (Å²) in [4.78, 5) is 14.6. The molecule has 78 valence electrons. The van der Waals surface area contributed by atoms with Crippen molar-refractivity contribution < 1.29 is 4.79 Å². The summed E-state index contributed by atoms with van der Waals surface area (Å²) in [7, 11) is 0. The van der Waals surface area contributed by atoms with Crippen LogP contribution in [0.2, 0.25) is 5.02 Å². The van der Waals surface area contributed by atoms with Crippen LogP contribution >= 0.6 is 34.3 Å². The van der Waals surface area contributed by atoms with Crippen LogP contribution in [-0.2, 0) is 6.42 Å². The minimum atomic E-state index is 0.0414. The van der Waals surface area contributed by atoms with Crippen molar-refractivity contribution in [2.24, 2.45) is 0 Å². The Balaban J connectivity index is 2.32. The van der Waals surface area contributed by atoms with E-state index in [1.54, 1.807) is 17.4 Å². The first kappa shape index (κ1) is 10.9. The molecule has 0 bridgehead atoms. The van der Waals surface area contributed by atoms with Gasteiger partial charge in [0, 0.05) is 4.88 Å². The van der Waals surface area contributed by atoms with Gasteiger partial charge in [-0.15, -0.1) is 22.7 Å². The number of hydrogen-bond acceptors (Lipinski definition) is 3. The fraction of sp³-hybridized carbons (Fsp3) is 0.182. The van der Waals surface area contributed by atoms with E-state index < -0.39 is 0 Å². The van der Waals surface area contributed by atoms with Crippen LogP contribution in [0.15, 0.2) is 23.6 Å². The molecule has 0 fully saturated rings. The van der Waals surface area contributed by atoms with E-state index in [-0.39, 0.29) is 5.78 Å². The van der Waals surface area contributed by atoms with Crippen LogP contribution in [0.4, 0.5) is 0 Å². The molecular formula is C11H9ClOS2. The smallest absolute Gasteiger partial charge is 0.214 e. The number of ketones is 1. The molecule has 0 aliphatic heterocycles. The predicted octanol–water partition coefficient (Wildman–Crippen LogP) is 4.26. The first-order chi connectivity index (χ1) is 7.22. The second kappa shape index (κ2) is 4.47. The Hall–Kier alpha value is -0.640.